The lowest BCUT2D eigenvalue weighted by molar-refractivity contribution is -0.133. The number of likely N-dealkylation sites (tertiary alicyclic amines) is 1. The Morgan fingerprint density at radius 1 is 1.25 bits per heavy atom. The van der Waals surface area contributed by atoms with Gasteiger partial charge in [-0.2, -0.15) is 5.26 Å². The van der Waals surface area contributed by atoms with Gasteiger partial charge in [-0.1, -0.05) is 11.3 Å². The molecule has 0 radical (unpaired) electrons. The van der Waals surface area contributed by atoms with Gasteiger partial charge in [0.25, 0.3) is 0 Å². The Morgan fingerprint density at radius 2 is 2.06 bits per heavy atom. The van der Waals surface area contributed by atoms with E-state index in [0.717, 1.165) is 0 Å². The Bertz CT molecular complexity index is 1380. The molecule has 1 aromatic carbocycles. The van der Waals surface area contributed by atoms with E-state index in [-0.39, 0.29) is 24.3 Å². The summed E-state index contributed by atoms with van der Waals surface area (Å²) in [5.74, 6) is -0.939. The number of carbonyl (C=O) groups is 2. The van der Waals surface area contributed by atoms with Crippen molar-refractivity contribution in [3.05, 3.63) is 60.4 Å². The van der Waals surface area contributed by atoms with Gasteiger partial charge in [0.2, 0.25) is 12.1 Å². The summed E-state index contributed by atoms with van der Waals surface area (Å²) in [6.07, 6.45) is 3.33. The second-order valence-corrected chi connectivity index (χ2v) is 9.08. The van der Waals surface area contributed by atoms with Gasteiger partial charge >= 0.3 is 6.09 Å². The summed E-state index contributed by atoms with van der Waals surface area (Å²) in [5, 5.41) is 26.5. The number of fused-ring (bicyclic) bond motifs is 1. The van der Waals surface area contributed by atoms with E-state index in [9.17, 15) is 14.9 Å². The Kier molecular flexibility index (Phi) is 4.97. The second-order valence-electron chi connectivity index (χ2n) is 9.08. The number of amides is 2. The second kappa shape index (κ2) is 8.10. The van der Waals surface area contributed by atoms with E-state index in [1.54, 1.807) is 35.4 Å². The van der Waals surface area contributed by atoms with Crippen LogP contribution in [0, 0.1) is 29.0 Å². The molecule has 4 atom stereocenters. The third-order valence-corrected chi connectivity index (χ3v) is 7.35. The minimum Gasteiger partial charge on any atom is -0.421 e. The van der Waals surface area contributed by atoms with E-state index < -0.39 is 30.2 Å². The Hall–Kier alpha value is -4.37. The summed E-state index contributed by atoms with van der Waals surface area (Å²) in [5.41, 5.74) is 1.01. The number of cyclic esters (lactones) is 1. The van der Waals surface area contributed by atoms with Crippen molar-refractivity contribution in [1.82, 2.24) is 24.9 Å². The molecule has 3 aliphatic rings. The number of aliphatic hydroxyl groups is 1. The predicted octanol–water partition coefficient (Wildman–Crippen LogP) is 1.48. The van der Waals surface area contributed by atoms with Crippen molar-refractivity contribution in [2.45, 2.75) is 11.6 Å². The zero-order chi connectivity index (χ0) is 25.0. The normalized spacial score (nSPS) is 26.5. The number of aliphatic hydroxyl groups excluding tert-OH is 1. The van der Waals surface area contributed by atoms with E-state index in [1.807, 2.05) is 0 Å². The number of ether oxygens (including phenoxy) is 1. The maximum absolute atomic E-state index is 15.1. The van der Waals surface area contributed by atoms with Crippen LogP contribution in [0.3, 0.4) is 0 Å². The molecule has 2 aromatic heterocycles. The number of halogens is 1. The number of nitriles is 1. The van der Waals surface area contributed by atoms with Crippen LogP contribution in [0.4, 0.5) is 14.9 Å². The molecule has 1 saturated carbocycles. The molecule has 1 aliphatic carbocycles. The van der Waals surface area contributed by atoms with Crippen LogP contribution in [-0.4, -0.2) is 68.2 Å². The molecular formula is C24H20FN7O4. The molecule has 4 heterocycles. The molecule has 11 nitrogen and oxygen atoms in total. The van der Waals surface area contributed by atoms with Gasteiger partial charge < -0.3 is 14.7 Å². The summed E-state index contributed by atoms with van der Waals surface area (Å²) in [6.45, 7) is 0.441. The number of piperidine rings is 1. The molecule has 2 saturated heterocycles. The molecule has 6 rings (SSSR count). The number of hydrogen-bond acceptors (Lipinski definition) is 8. The maximum Gasteiger partial charge on any atom is 0.416 e. The first-order valence-electron chi connectivity index (χ1n) is 11.4. The highest BCUT2D eigenvalue weighted by molar-refractivity contribution is 5.90. The first-order chi connectivity index (χ1) is 17.5. The molecule has 1 N–H and O–H groups in total. The molecular weight excluding hydrogens is 469 g/mol. The average Bonchev–Trinajstić information content (AvgIpc) is 3.43. The zero-order valence-electron chi connectivity index (χ0n) is 18.9. The lowest BCUT2D eigenvalue weighted by Gasteiger charge is -2.22. The van der Waals surface area contributed by atoms with Gasteiger partial charge in [-0.25, -0.2) is 13.9 Å². The highest BCUT2D eigenvalue weighted by Gasteiger charge is 2.71. The van der Waals surface area contributed by atoms with Crippen LogP contribution in [0.25, 0.3) is 11.1 Å². The quantitative estimate of drug-likeness (QED) is 0.569. The molecule has 3 aromatic rings. The van der Waals surface area contributed by atoms with Crippen LogP contribution < -0.4 is 4.90 Å². The number of carbonyl (C=O) groups excluding carboxylic acids is 2. The minimum atomic E-state index is -0.774. The van der Waals surface area contributed by atoms with Crippen molar-refractivity contribution in [1.29, 1.82) is 5.26 Å². The van der Waals surface area contributed by atoms with E-state index in [1.165, 1.54) is 28.0 Å². The Morgan fingerprint density at radius 3 is 2.67 bits per heavy atom. The molecule has 182 valence electrons. The largest absolute Gasteiger partial charge is 0.421 e. The Balaban J connectivity index is 1.19. The van der Waals surface area contributed by atoms with Gasteiger partial charge in [-0.15, -0.1) is 5.10 Å². The first-order valence-corrected chi connectivity index (χ1v) is 11.4. The number of pyridine rings is 1. The molecule has 36 heavy (non-hydrogen) atoms. The van der Waals surface area contributed by atoms with Gasteiger partial charge in [0.15, 0.2) is 0 Å². The number of anilines is 1. The third kappa shape index (κ3) is 3.24. The van der Waals surface area contributed by atoms with E-state index >= 15 is 4.39 Å². The van der Waals surface area contributed by atoms with Gasteiger partial charge in [0.1, 0.15) is 17.8 Å². The molecule has 2 aliphatic heterocycles. The number of rotatable bonds is 5. The monoisotopic (exact) mass is 489 g/mol. The lowest BCUT2D eigenvalue weighted by atomic mass is 9.95. The molecule has 0 spiro atoms. The summed E-state index contributed by atoms with van der Waals surface area (Å²) in [7, 11) is 0. The number of benzene rings is 1. The SMILES string of the molecule is N#C[C@]1(c2ccc(-c3ccc(N4CC(n5ccnn5)OC4=O)cc3F)cn2)[C@@H]2CN(C(=O)CO)C[C@@H]21. The smallest absolute Gasteiger partial charge is 0.416 e. The Labute approximate surface area is 204 Å². The number of hydrogen-bond donors (Lipinski definition) is 1. The lowest BCUT2D eigenvalue weighted by Crippen LogP contribution is -2.36. The predicted molar refractivity (Wildman–Crippen MR) is 120 cm³/mol. The van der Waals surface area contributed by atoms with Crippen LogP contribution in [0.1, 0.15) is 11.9 Å². The van der Waals surface area contributed by atoms with Gasteiger partial charge in [-0.05, 0) is 24.3 Å². The summed E-state index contributed by atoms with van der Waals surface area (Å²) >= 11 is 0. The van der Waals surface area contributed by atoms with Crippen molar-refractivity contribution in [2.24, 2.45) is 11.8 Å². The average molecular weight is 489 g/mol. The van der Waals surface area contributed by atoms with Crippen LogP contribution in [-0.2, 0) is 14.9 Å². The standard InChI is InChI=1S/C24H20FN7O4/c25-19-7-15(31-11-22(36-23(31)35)32-6-5-28-29-32)2-3-16(19)14-1-4-20(27-8-14)24(13-26)17-9-30(10-18(17)24)21(34)12-33/h1-8,17-18,22,33H,9-12H2/t17-,18+,22?,24+. The van der Waals surface area contributed by atoms with Gasteiger partial charge in [0.05, 0.1) is 30.2 Å². The molecule has 0 bridgehead atoms. The van der Waals surface area contributed by atoms with E-state index in [2.05, 4.69) is 21.4 Å². The molecule has 1 unspecified atom stereocenters. The first kappa shape index (κ1) is 22.1. The van der Waals surface area contributed by atoms with Crippen LogP contribution in [0.5, 0.6) is 0 Å². The van der Waals surface area contributed by atoms with Crippen LogP contribution in [0.2, 0.25) is 0 Å². The number of aromatic nitrogens is 4. The maximum atomic E-state index is 15.1. The molecule has 12 heteroatoms. The van der Waals surface area contributed by atoms with Crippen LogP contribution >= 0.6 is 0 Å². The molecule has 3 fully saturated rings. The third-order valence-electron chi connectivity index (χ3n) is 7.35. The van der Waals surface area contributed by atoms with Gasteiger partial charge in [0, 0.05) is 48.4 Å². The van der Waals surface area contributed by atoms with Crippen molar-refractivity contribution in [3.63, 3.8) is 0 Å². The highest BCUT2D eigenvalue weighted by Crippen LogP contribution is 2.62. The van der Waals surface area contributed by atoms with Crippen molar-refractivity contribution >= 4 is 17.7 Å². The fourth-order valence-electron chi connectivity index (χ4n) is 5.41. The van der Waals surface area contributed by atoms with Crippen molar-refractivity contribution in [3.8, 4) is 17.2 Å². The molecule has 2 amide bonds. The van der Waals surface area contributed by atoms with E-state index in [4.69, 9.17) is 9.84 Å². The summed E-state index contributed by atoms with van der Waals surface area (Å²) in [6, 6.07) is 10.3. The van der Waals surface area contributed by atoms with E-state index in [0.29, 0.717) is 35.6 Å². The van der Waals surface area contributed by atoms with Crippen molar-refractivity contribution < 1.29 is 23.8 Å². The van der Waals surface area contributed by atoms with Gasteiger partial charge in [-0.3, -0.25) is 14.7 Å². The fraction of sp³-hybridized carbons (Fsp3) is 0.333. The summed E-state index contributed by atoms with van der Waals surface area (Å²) < 4.78 is 21.8. The highest BCUT2D eigenvalue weighted by atomic mass is 19.1. The topological polar surface area (TPSA) is 137 Å². The summed E-state index contributed by atoms with van der Waals surface area (Å²) in [4.78, 5) is 31.5. The van der Waals surface area contributed by atoms with Crippen molar-refractivity contribution in [2.75, 3.05) is 31.1 Å². The fourth-order valence-corrected chi connectivity index (χ4v) is 5.41. The minimum absolute atomic E-state index is 0.0334. The van der Waals surface area contributed by atoms with Crippen LogP contribution in [0.15, 0.2) is 48.9 Å². The number of nitrogens with zero attached hydrogens (tertiary/aromatic N) is 7. The zero-order valence-corrected chi connectivity index (χ0v) is 18.9.